The van der Waals surface area contributed by atoms with Crippen molar-refractivity contribution in [3.63, 3.8) is 0 Å². The van der Waals surface area contributed by atoms with Crippen LogP contribution in [0.1, 0.15) is 48.9 Å². The van der Waals surface area contributed by atoms with Gasteiger partial charge in [-0.1, -0.05) is 48.5 Å². The second kappa shape index (κ2) is 13.3. The van der Waals surface area contributed by atoms with Crippen molar-refractivity contribution in [2.24, 2.45) is 17.8 Å². The van der Waals surface area contributed by atoms with Gasteiger partial charge in [0.05, 0.1) is 36.8 Å². The topological polar surface area (TPSA) is 103 Å². The number of carbonyl (C=O) groups excluding carboxylic acids is 2. The fourth-order valence-electron chi connectivity index (χ4n) is 8.11. The van der Waals surface area contributed by atoms with E-state index in [0.717, 1.165) is 60.5 Å². The Morgan fingerprint density at radius 3 is 2.50 bits per heavy atom. The Bertz CT molecular complexity index is 1630. The Morgan fingerprint density at radius 2 is 1.76 bits per heavy atom. The number of aliphatic hydroxyl groups is 1. The number of likely N-dealkylation sites (tertiary alicyclic amines) is 2. The molecule has 238 valence electrons. The first-order valence-electron chi connectivity index (χ1n) is 16.5. The molecule has 3 fully saturated rings. The van der Waals surface area contributed by atoms with Crippen molar-refractivity contribution in [1.29, 1.82) is 0 Å². The van der Waals surface area contributed by atoms with Crippen molar-refractivity contribution in [3.05, 3.63) is 107 Å². The minimum absolute atomic E-state index is 0.0572. The van der Waals surface area contributed by atoms with Gasteiger partial charge < -0.3 is 14.9 Å². The number of phenols is 1. The number of pyridine rings is 1. The van der Waals surface area contributed by atoms with Gasteiger partial charge in [-0.25, -0.2) is 0 Å². The summed E-state index contributed by atoms with van der Waals surface area (Å²) in [6.45, 7) is 2.81. The van der Waals surface area contributed by atoms with Crippen LogP contribution in [0.25, 0.3) is 11.6 Å². The minimum atomic E-state index is -0.428. The van der Waals surface area contributed by atoms with Crippen LogP contribution in [-0.2, 0) is 20.9 Å². The van der Waals surface area contributed by atoms with E-state index in [4.69, 9.17) is 4.74 Å². The van der Waals surface area contributed by atoms with E-state index in [2.05, 4.69) is 34.1 Å². The largest absolute Gasteiger partial charge is 0.508 e. The van der Waals surface area contributed by atoms with Crippen LogP contribution in [0.15, 0.2) is 90.1 Å². The monoisotopic (exact) mass is 619 g/mol. The van der Waals surface area contributed by atoms with Gasteiger partial charge in [-0.2, -0.15) is 0 Å². The fraction of sp³-hybridized carbons (Fsp3) is 0.395. The van der Waals surface area contributed by atoms with Crippen molar-refractivity contribution < 1.29 is 24.5 Å². The molecule has 4 heterocycles. The molecule has 1 aromatic heterocycles. The van der Waals surface area contributed by atoms with Gasteiger partial charge in [0.2, 0.25) is 11.8 Å². The summed E-state index contributed by atoms with van der Waals surface area (Å²) in [5.74, 6) is -0.979. The second-order valence-corrected chi connectivity index (χ2v) is 13.0. The quantitative estimate of drug-likeness (QED) is 0.254. The number of allylic oxidation sites excluding steroid dienone is 1. The third-order valence-electron chi connectivity index (χ3n) is 10.3. The first-order valence-corrected chi connectivity index (χ1v) is 16.5. The number of fused-ring (bicyclic) bond motifs is 3. The van der Waals surface area contributed by atoms with Gasteiger partial charge in [-0.15, -0.1) is 0 Å². The van der Waals surface area contributed by atoms with Crippen molar-refractivity contribution in [2.45, 2.75) is 50.8 Å². The summed E-state index contributed by atoms with van der Waals surface area (Å²) in [4.78, 5) is 36.5. The number of ether oxygens (including phenoxy) is 1. The van der Waals surface area contributed by atoms with E-state index >= 15 is 0 Å². The van der Waals surface area contributed by atoms with Crippen LogP contribution in [0.4, 0.5) is 0 Å². The summed E-state index contributed by atoms with van der Waals surface area (Å²) in [6, 6.07) is 23.3. The number of hydrogen-bond donors (Lipinski definition) is 2. The van der Waals surface area contributed by atoms with Crippen LogP contribution in [0.5, 0.6) is 5.75 Å². The molecule has 2 aromatic carbocycles. The van der Waals surface area contributed by atoms with E-state index in [1.807, 2.05) is 42.5 Å². The molecule has 0 spiro atoms. The molecule has 0 saturated carbocycles. The molecule has 8 nitrogen and oxygen atoms in total. The SMILES string of the molecule is O=C1[C@@H]2[C@@H](CC(CO)=C3[C@@H](CC/C(=C/c4cccc(O)c4)c4ccccn4)OC[C@@H]32)C(=O)N1C1CCN(Cc2ccccc2)CC1. The number of aromatic nitrogens is 1. The number of phenolic OH excluding ortho intramolecular Hbond substituents is 1. The molecule has 46 heavy (non-hydrogen) atoms. The molecule has 2 N–H and O–H groups in total. The Hall–Kier alpha value is -4.11. The van der Waals surface area contributed by atoms with Gasteiger partial charge in [0, 0.05) is 37.8 Å². The first kappa shape index (κ1) is 30.5. The molecule has 3 saturated heterocycles. The highest BCUT2D eigenvalue weighted by Crippen LogP contribution is 2.50. The Kier molecular flexibility index (Phi) is 8.84. The lowest BCUT2D eigenvalue weighted by atomic mass is 9.69. The molecule has 3 aromatic rings. The zero-order valence-corrected chi connectivity index (χ0v) is 26.0. The van der Waals surface area contributed by atoms with Gasteiger partial charge in [-0.3, -0.25) is 24.4 Å². The summed E-state index contributed by atoms with van der Waals surface area (Å²) in [5, 5.41) is 20.5. The molecule has 4 aliphatic rings. The van der Waals surface area contributed by atoms with Crippen LogP contribution in [0, 0.1) is 17.8 Å². The number of imide groups is 1. The molecule has 2 amide bonds. The standard InChI is InChI=1S/C38H41N3O5/c42-23-28-21-31-36(38(45)41(37(31)44)29-14-17-40(18-15-29)22-25-7-2-1-3-8-25)32-24-46-34(35(28)32)13-12-27(33-11-4-5-16-39-33)19-26-9-6-10-30(43)20-26/h1-11,16,19-20,29,31-32,34,36,42-43H,12-15,17-18,21-24H2/b27-19-/t31-,32+,34-,36-/m1/s1. The van der Waals surface area contributed by atoms with E-state index < -0.39 is 11.8 Å². The highest BCUT2D eigenvalue weighted by atomic mass is 16.5. The van der Waals surface area contributed by atoms with E-state index in [9.17, 15) is 19.8 Å². The lowest BCUT2D eigenvalue weighted by Crippen LogP contribution is -2.47. The average molecular weight is 620 g/mol. The van der Waals surface area contributed by atoms with Gasteiger partial charge in [0.15, 0.2) is 0 Å². The van der Waals surface area contributed by atoms with Gasteiger partial charge in [0.25, 0.3) is 0 Å². The smallest absolute Gasteiger partial charge is 0.234 e. The molecule has 0 radical (unpaired) electrons. The number of rotatable bonds is 9. The molecule has 1 aliphatic carbocycles. The molecule has 8 heteroatoms. The van der Waals surface area contributed by atoms with Crippen LogP contribution in [0.2, 0.25) is 0 Å². The van der Waals surface area contributed by atoms with Crippen LogP contribution < -0.4 is 0 Å². The maximum atomic E-state index is 14.1. The maximum Gasteiger partial charge on any atom is 0.234 e. The van der Waals surface area contributed by atoms with Crippen LogP contribution in [0.3, 0.4) is 0 Å². The summed E-state index contributed by atoms with van der Waals surface area (Å²) < 4.78 is 6.39. The lowest BCUT2D eigenvalue weighted by Gasteiger charge is -2.36. The van der Waals surface area contributed by atoms with E-state index in [0.29, 0.717) is 25.9 Å². The number of benzene rings is 2. The lowest BCUT2D eigenvalue weighted by molar-refractivity contribution is -0.144. The van der Waals surface area contributed by atoms with Gasteiger partial charge in [0.1, 0.15) is 5.75 Å². The third-order valence-corrected chi connectivity index (χ3v) is 10.3. The predicted molar refractivity (Wildman–Crippen MR) is 175 cm³/mol. The summed E-state index contributed by atoms with van der Waals surface area (Å²) in [7, 11) is 0. The Labute approximate surface area is 270 Å². The van der Waals surface area contributed by atoms with Crippen molar-refractivity contribution in [1.82, 2.24) is 14.8 Å². The number of aromatic hydroxyl groups is 1. The second-order valence-electron chi connectivity index (χ2n) is 13.0. The van der Waals surface area contributed by atoms with Gasteiger partial charge >= 0.3 is 0 Å². The Morgan fingerprint density at radius 1 is 0.957 bits per heavy atom. The highest BCUT2D eigenvalue weighted by molar-refractivity contribution is 6.06. The maximum absolute atomic E-state index is 14.1. The summed E-state index contributed by atoms with van der Waals surface area (Å²) >= 11 is 0. The fourth-order valence-corrected chi connectivity index (χ4v) is 8.11. The average Bonchev–Trinajstić information content (AvgIpc) is 3.61. The Balaban J connectivity index is 1.06. The molecule has 0 unspecified atom stereocenters. The van der Waals surface area contributed by atoms with Crippen LogP contribution >= 0.6 is 0 Å². The third kappa shape index (κ3) is 6.05. The highest BCUT2D eigenvalue weighted by Gasteiger charge is 2.58. The van der Waals surface area contributed by atoms with Crippen molar-refractivity contribution in [2.75, 3.05) is 26.3 Å². The number of hydrogen-bond acceptors (Lipinski definition) is 7. The van der Waals surface area contributed by atoms with E-state index in [-0.39, 0.29) is 42.2 Å². The van der Waals surface area contributed by atoms with E-state index in [1.165, 1.54) is 5.56 Å². The normalized spacial score (nSPS) is 25.7. The number of carbonyl (C=O) groups is 2. The zero-order chi connectivity index (χ0) is 31.6. The first-order chi connectivity index (χ1) is 22.5. The zero-order valence-electron chi connectivity index (χ0n) is 26.0. The molecular formula is C38H41N3O5. The predicted octanol–water partition coefficient (Wildman–Crippen LogP) is 5.08. The van der Waals surface area contributed by atoms with E-state index in [1.54, 1.807) is 23.2 Å². The molecule has 7 rings (SSSR count). The molecule has 0 bridgehead atoms. The minimum Gasteiger partial charge on any atom is -0.508 e. The molecule has 3 aliphatic heterocycles. The number of piperidine rings is 1. The molecule has 4 atom stereocenters. The van der Waals surface area contributed by atoms with Crippen molar-refractivity contribution in [3.8, 4) is 5.75 Å². The van der Waals surface area contributed by atoms with Crippen LogP contribution in [-0.4, -0.2) is 75.3 Å². The van der Waals surface area contributed by atoms with Gasteiger partial charge in [-0.05, 0) is 90.3 Å². The van der Waals surface area contributed by atoms with Crippen molar-refractivity contribution >= 4 is 23.5 Å². The number of nitrogens with zero attached hydrogens (tertiary/aromatic N) is 3. The summed E-state index contributed by atoms with van der Waals surface area (Å²) in [6.07, 6.45) is 6.83. The summed E-state index contributed by atoms with van der Waals surface area (Å²) in [5.41, 5.74) is 5.88. The number of amides is 2. The molecular weight excluding hydrogens is 578 g/mol. The number of aliphatic hydroxyl groups excluding tert-OH is 1.